The van der Waals surface area contributed by atoms with Crippen molar-refractivity contribution in [1.82, 2.24) is 9.88 Å². The average Bonchev–Trinajstić information content (AvgIpc) is 3.15. The molecular formula is C14H19N3O5S2. The zero-order valence-corrected chi connectivity index (χ0v) is 14.9. The van der Waals surface area contributed by atoms with Crippen molar-refractivity contribution in [3.05, 3.63) is 23.7 Å². The Kier molecular flexibility index (Phi) is 5.94. The van der Waals surface area contributed by atoms with Crippen LogP contribution in [0.4, 0.5) is 5.13 Å². The van der Waals surface area contributed by atoms with E-state index in [2.05, 4.69) is 16.9 Å². The summed E-state index contributed by atoms with van der Waals surface area (Å²) in [6, 6.07) is -0.366. The van der Waals surface area contributed by atoms with Crippen LogP contribution in [0.5, 0.6) is 0 Å². The molecule has 0 aromatic carbocycles. The summed E-state index contributed by atoms with van der Waals surface area (Å²) >= 11 is 1.25. The van der Waals surface area contributed by atoms with Gasteiger partial charge >= 0.3 is 5.97 Å². The van der Waals surface area contributed by atoms with Crippen LogP contribution >= 0.6 is 11.3 Å². The first kappa shape index (κ1) is 18.4. The van der Waals surface area contributed by atoms with Gasteiger partial charge in [-0.2, -0.15) is 0 Å². The molecule has 8 nitrogen and oxygen atoms in total. The zero-order valence-electron chi connectivity index (χ0n) is 13.2. The molecule has 0 aliphatic carbocycles. The van der Waals surface area contributed by atoms with Gasteiger partial charge in [0.2, 0.25) is 0 Å². The second-order valence-corrected chi connectivity index (χ2v) is 8.43. The zero-order chi connectivity index (χ0) is 17.7. The molecule has 1 N–H and O–H groups in total. The summed E-state index contributed by atoms with van der Waals surface area (Å²) in [5.41, 5.74) is 0.116. The van der Waals surface area contributed by atoms with Crippen LogP contribution in [0.15, 0.2) is 18.0 Å². The molecule has 132 valence electrons. The molecule has 1 atom stereocenters. The summed E-state index contributed by atoms with van der Waals surface area (Å²) in [4.78, 5) is 29.3. The number of hydrogen-bond donors (Lipinski definition) is 1. The highest BCUT2D eigenvalue weighted by atomic mass is 32.2. The van der Waals surface area contributed by atoms with Gasteiger partial charge in [0.15, 0.2) is 27.3 Å². The van der Waals surface area contributed by atoms with E-state index in [0.717, 1.165) is 0 Å². The summed E-state index contributed by atoms with van der Waals surface area (Å²) in [5.74, 6) is -1.11. The summed E-state index contributed by atoms with van der Waals surface area (Å²) in [7, 11) is -1.56. The molecule has 1 aliphatic rings. The number of nitrogens with zero attached hydrogens (tertiary/aromatic N) is 2. The Morgan fingerprint density at radius 3 is 2.96 bits per heavy atom. The Hall–Kier alpha value is -1.94. The summed E-state index contributed by atoms with van der Waals surface area (Å²) in [6.45, 7) is 3.65. The molecule has 0 bridgehead atoms. The number of carbonyl (C=O) groups is 2. The number of thiazole rings is 1. The van der Waals surface area contributed by atoms with E-state index in [9.17, 15) is 18.0 Å². The Bertz CT molecular complexity index is 729. The quantitative estimate of drug-likeness (QED) is 0.549. The Morgan fingerprint density at radius 1 is 1.58 bits per heavy atom. The number of rotatable bonds is 7. The highest BCUT2D eigenvalue weighted by Gasteiger charge is 2.33. The van der Waals surface area contributed by atoms with E-state index in [1.807, 2.05) is 0 Å². The first-order valence-corrected chi connectivity index (χ1v) is 9.96. The second kappa shape index (κ2) is 7.75. The SMILES string of the molecule is C=CCNc1nc(C(=O)OCC(=O)N(C)[C@H]2CCS(=O)(=O)C2)cs1. The van der Waals surface area contributed by atoms with Gasteiger partial charge in [-0.1, -0.05) is 6.08 Å². The fourth-order valence-electron chi connectivity index (χ4n) is 2.20. The fraction of sp³-hybridized carbons (Fsp3) is 0.500. The Morgan fingerprint density at radius 2 is 2.33 bits per heavy atom. The predicted octanol–water partition coefficient (Wildman–Crippen LogP) is 0.543. The maximum absolute atomic E-state index is 12.0. The van der Waals surface area contributed by atoms with Crippen molar-refractivity contribution in [1.29, 1.82) is 0 Å². The fourth-order valence-corrected chi connectivity index (χ4v) is 4.66. The van der Waals surface area contributed by atoms with Crippen molar-refractivity contribution in [3.8, 4) is 0 Å². The summed E-state index contributed by atoms with van der Waals surface area (Å²) in [5, 5.41) is 5.04. The molecule has 24 heavy (non-hydrogen) atoms. The number of anilines is 1. The van der Waals surface area contributed by atoms with Gasteiger partial charge in [0.1, 0.15) is 0 Å². The largest absolute Gasteiger partial charge is 0.451 e. The van der Waals surface area contributed by atoms with E-state index in [0.29, 0.717) is 18.1 Å². The molecule has 1 saturated heterocycles. The van der Waals surface area contributed by atoms with E-state index in [-0.39, 0.29) is 23.2 Å². The van der Waals surface area contributed by atoms with Crippen LogP contribution in [0.25, 0.3) is 0 Å². The van der Waals surface area contributed by atoms with Crippen LogP contribution < -0.4 is 5.32 Å². The van der Waals surface area contributed by atoms with Crippen molar-refractivity contribution in [2.45, 2.75) is 12.5 Å². The first-order chi connectivity index (χ1) is 11.3. The standard InChI is InChI=1S/C14H19N3O5S2/c1-3-5-15-14-16-11(8-23-14)13(19)22-7-12(18)17(2)10-4-6-24(20,21)9-10/h3,8,10H,1,4-7,9H2,2H3,(H,15,16)/t10-/m0/s1. The van der Waals surface area contributed by atoms with Gasteiger partial charge in [0, 0.05) is 25.0 Å². The average molecular weight is 373 g/mol. The minimum Gasteiger partial charge on any atom is -0.451 e. The molecule has 0 unspecified atom stereocenters. The first-order valence-electron chi connectivity index (χ1n) is 7.26. The topological polar surface area (TPSA) is 106 Å². The molecule has 0 spiro atoms. The third kappa shape index (κ3) is 4.78. The van der Waals surface area contributed by atoms with Gasteiger partial charge in [0.05, 0.1) is 11.5 Å². The Labute approximate surface area is 144 Å². The maximum Gasteiger partial charge on any atom is 0.358 e. The highest BCUT2D eigenvalue weighted by Crippen LogP contribution is 2.18. The summed E-state index contributed by atoms with van der Waals surface area (Å²) < 4.78 is 27.9. The third-order valence-corrected chi connectivity index (χ3v) is 6.14. The number of aromatic nitrogens is 1. The number of hydrogen-bond acceptors (Lipinski definition) is 8. The van der Waals surface area contributed by atoms with Gasteiger partial charge in [-0.05, 0) is 6.42 Å². The van der Waals surface area contributed by atoms with Crippen molar-refractivity contribution in [2.75, 3.05) is 37.0 Å². The van der Waals surface area contributed by atoms with Crippen molar-refractivity contribution in [2.24, 2.45) is 0 Å². The molecule has 0 radical (unpaired) electrons. The van der Waals surface area contributed by atoms with E-state index in [4.69, 9.17) is 4.74 Å². The molecule has 0 saturated carbocycles. The van der Waals surface area contributed by atoms with E-state index >= 15 is 0 Å². The van der Waals surface area contributed by atoms with Crippen molar-refractivity contribution in [3.63, 3.8) is 0 Å². The number of amides is 1. The van der Waals surface area contributed by atoms with Crippen LogP contribution in [0.1, 0.15) is 16.9 Å². The van der Waals surface area contributed by atoms with Crippen molar-refractivity contribution < 1.29 is 22.7 Å². The van der Waals surface area contributed by atoms with Crippen LogP contribution in [0.3, 0.4) is 0 Å². The lowest BCUT2D eigenvalue weighted by atomic mass is 10.2. The smallest absolute Gasteiger partial charge is 0.358 e. The molecular weight excluding hydrogens is 354 g/mol. The number of nitrogens with one attached hydrogen (secondary N) is 1. The number of esters is 1. The van der Waals surface area contributed by atoms with Crippen LogP contribution in [0.2, 0.25) is 0 Å². The lowest BCUT2D eigenvalue weighted by Crippen LogP contribution is -2.40. The lowest BCUT2D eigenvalue weighted by Gasteiger charge is -2.22. The van der Waals surface area contributed by atoms with E-state index in [1.165, 1.54) is 28.7 Å². The number of ether oxygens (including phenoxy) is 1. The van der Waals surface area contributed by atoms with E-state index in [1.54, 1.807) is 6.08 Å². The number of likely N-dealkylation sites (N-methyl/N-ethyl adjacent to an activating group) is 1. The van der Waals surface area contributed by atoms with Gasteiger partial charge in [0.25, 0.3) is 5.91 Å². The molecule has 2 heterocycles. The molecule has 1 aromatic heterocycles. The van der Waals surface area contributed by atoms with E-state index < -0.39 is 28.3 Å². The Balaban J connectivity index is 1.83. The van der Waals surface area contributed by atoms with Crippen LogP contribution in [-0.4, -0.2) is 67.9 Å². The molecule has 1 fully saturated rings. The second-order valence-electron chi connectivity index (χ2n) is 5.35. The molecule has 10 heteroatoms. The third-order valence-electron chi connectivity index (χ3n) is 3.59. The van der Waals surface area contributed by atoms with Crippen LogP contribution in [-0.2, 0) is 19.4 Å². The number of carbonyl (C=O) groups excluding carboxylic acids is 2. The minimum atomic E-state index is -3.08. The molecule has 1 amide bonds. The molecule has 2 rings (SSSR count). The van der Waals surface area contributed by atoms with Gasteiger partial charge in [-0.15, -0.1) is 17.9 Å². The molecule has 1 aromatic rings. The minimum absolute atomic E-state index is 0.0480. The summed E-state index contributed by atoms with van der Waals surface area (Å²) in [6.07, 6.45) is 2.07. The predicted molar refractivity (Wildman–Crippen MR) is 90.9 cm³/mol. The van der Waals surface area contributed by atoms with Crippen molar-refractivity contribution >= 4 is 38.2 Å². The highest BCUT2D eigenvalue weighted by molar-refractivity contribution is 7.91. The molecule has 1 aliphatic heterocycles. The lowest BCUT2D eigenvalue weighted by molar-refractivity contribution is -0.134. The number of sulfone groups is 1. The van der Waals surface area contributed by atoms with Gasteiger partial charge in [-0.25, -0.2) is 18.2 Å². The van der Waals surface area contributed by atoms with Gasteiger partial charge in [-0.3, -0.25) is 4.79 Å². The maximum atomic E-state index is 12.0. The van der Waals surface area contributed by atoms with Crippen LogP contribution in [0, 0.1) is 0 Å². The monoisotopic (exact) mass is 373 g/mol. The van der Waals surface area contributed by atoms with Gasteiger partial charge < -0.3 is 15.0 Å². The normalized spacial score (nSPS) is 18.8.